The second kappa shape index (κ2) is 8.01. The maximum atomic E-state index is 11.8. The van der Waals surface area contributed by atoms with Gasteiger partial charge < -0.3 is 10.6 Å². The molecule has 112 valence electrons. The van der Waals surface area contributed by atoms with E-state index in [4.69, 9.17) is 16.9 Å². The number of anilines is 1. The van der Waals surface area contributed by atoms with E-state index in [-0.39, 0.29) is 5.91 Å². The molecule has 0 radical (unpaired) electrons. The summed E-state index contributed by atoms with van der Waals surface area (Å²) in [7, 11) is 0. The maximum absolute atomic E-state index is 11.8. The Hall–Kier alpha value is -2.58. The maximum Gasteiger partial charge on any atom is 0.222 e. The first-order valence-electron chi connectivity index (χ1n) is 6.78. The lowest BCUT2D eigenvalue weighted by Gasteiger charge is -2.09. The highest BCUT2D eigenvalue weighted by Crippen LogP contribution is 2.20. The molecular weight excluding hydrogens is 300 g/mol. The molecular formula is C16H15ClN4O. The van der Waals surface area contributed by atoms with Crippen molar-refractivity contribution in [3.63, 3.8) is 0 Å². The first-order valence-corrected chi connectivity index (χ1v) is 7.16. The zero-order valence-electron chi connectivity index (χ0n) is 11.8. The van der Waals surface area contributed by atoms with Gasteiger partial charge >= 0.3 is 0 Å². The minimum atomic E-state index is -0.0650. The summed E-state index contributed by atoms with van der Waals surface area (Å²) in [5.41, 5.74) is 2.14. The first kappa shape index (κ1) is 15.8. The quantitative estimate of drug-likeness (QED) is 0.859. The number of nitrogens with zero attached hydrogens (tertiary/aromatic N) is 2. The molecule has 0 aliphatic heterocycles. The third-order valence-corrected chi connectivity index (χ3v) is 3.24. The lowest BCUT2D eigenvalue weighted by molar-refractivity contribution is -0.121. The van der Waals surface area contributed by atoms with Crippen LogP contribution < -0.4 is 10.6 Å². The molecule has 0 bridgehead atoms. The average molecular weight is 315 g/mol. The number of nitrogens with one attached hydrogen (secondary N) is 2. The van der Waals surface area contributed by atoms with E-state index in [9.17, 15) is 4.79 Å². The Morgan fingerprint density at radius 1 is 1.27 bits per heavy atom. The standard InChI is InChI=1S/C16H15ClN4O/c17-14-2-1-13(10-18)15(9-14)20-8-5-16(22)21-11-12-3-6-19-7-4-12/h1-4,6-7,9,20H,5,8,11H2,(H,21,22). The minimum absolute atomic E-state index is 0.0650. The van der Waals surface area contributed by atoms with E-state index in [0.717, 1.165) is 5.56 Å². The highest BCUT2D eigenvalue weighted by molar-refractivity contribution is 6.30. The molecule has 0 unspecified atom stereocenters. The molecule has 6 heteroatoms. The van der Waals surface area contributed by atoms with Crippen molar-refractivity contribution in [1.82, 2.24) is 10.3 Å². The van der Waals surface area contributed by atoms with Gasteiger partial charge in [-0.25, -0.2) is 0 Å². The SMILES string of the molecule is N#Cc1ccc(Cl)cc1NCCC(=O)NCc1ccncc1. The van der Waals surface area contributed by atoms with Crippen LogP contribution in [0.2, 0.25) is 5.02 Å². The zero-order valence-corrected chi connectivity index (χ0v) is 12.6. The fraction of sp³-hybridized carbons (Fsp3) is 0.188. The number of carbonyl (C=O) groups is 1. The number of rotatable bonds is 6. The van der Waals surface area contributed by atoms with Gasteiger partial charge in [-0.3, -0.25) is 9.78 Å². The molecule has 5 nitrogen and oxygen atoms in total. The van der Waals surface area contributed by atoms with Gasteiger partial charge in [0, 0.05) is 36.9 Å². The molecule has 2 aromatic rings. The number of aromatic nitrogens is 1. The number of halogens is 1. The highest BCUT2D eigenvalue weighted by atomic mass is 35.5. The van der Waals surface area contributed by atoms with E-state index >= 15 is 0 Å². The van der Waals surface area contributed by atoms with E-state index in [1.54, 1.807) is 30.6 Å². The van der Waals surface area contributed by atoms with E-state index < -0.39 is 0 Å². The van der Waals surface area contributed by atoms with E-state index in [2.05, 4.69) is 21.7 Å². The van der Waals surface area contributed by atoms with Gasteiger partial charge in [0.25, 0.3) is 0 Å². The van der Waals surface area contributed by atoms with Crippen molar-refractivity contribution >= 4 is 23.2 Å². The molecule has 1 heterocycles. The minimum Gasteiger partial charge on any atom is -0.383 e. The number of nitriles is 1. The Kier molecular flexibility index (Phi) is 5.75. The van der Waals surface area contributed by atoms with E-state index in [0.29, 0.717) is 35.8 Å². The topological polar surface area (TPSA) is 77.8 Å². The summed E-state index contributed by atoms with van der Waals surface area (Å²) >= 11 is 5.90. The summed E-state index contributed by atoms with van der Waals surface area (Å²) in [5.74, 6) is -0.0650. The van der Waals surface area contributed by atoms with Crippen molar-refractivity contribution in [1.29, 1.82) is 5.26 Å². The Bertz CT molecular complexity index is 682. The average Bonchev–Trinajstić information content (AvgIpc) is 2.54. The third kappa shape index (κ3) is 4.76. The Morgan fingerprint density at radius 3 is 2.77 bits per heavy atom. The fourth-order valence-electron chi connectivity index (χ4n) is 1.86. The Labute approximate surface area is 133 Å². The number of hydrogen-bond donors (Lipinski definition) is 2. The van der Waals surface area contributed by atoms with Crippen LogP contribution >= 0.6 is 11.6 Å². The van der Waals surface area contributed by atoms with Crippen molar-refractivity contribution in [3.8, 4) is 6.07 Å². The van der Waals surface area contributed by atoms with E-state index in [1.165, 1.54) is 0 Å². The van der Waals surface area contributed by atoms with Gasteiger partial charge in [0.1, 0.15) is 6.07 Å². The number of carbonyl (C=O) groups excluding carboxylic acids is 1. The molecule has 0 saturated carbocycles. The predicted molar refractivity (Wildman–Crippen MR) is 85.4 cm³/mol. The normalized spacial score (nSPS) is 9.82. The van der Waals surface area contributed by atoms with E-state index in [1.807, 2.05) is 12.1 Å². The largest absolute Gasteiger partial charge is 0.383 e. The Balaban J connectivity index is 1.78. The van der Waals surface area contributed by atoms with Crippen LogP contribution in [0.4, 0.5) is 5.69 Å². The molecule has 1 aromatic carbocycles. The van der Waals surface area contributed by atoms with Crippen LogP contribution in [0.25, 0.3) is 0 Å². The summed E-state index contributed by atoms with van der Waals surface area (Å²) in [4.78, 5) is 15.7. The molecule has 2 N–H and O–H groups in total. The van der Waals surface area contributed by atoms with Crippen molar-refractivity contribution in [2.75, 3.05) is 11.9 Å². The van der Waals surface area contributed by atoms with Crippen LogP contribution in [0.3, 0.4) is 0 Å². The third-order valence-electron chi connectivity index (χ3n) is 3.01. The molecule has 1 amide bonds. The fourth-order valence-corrected chi connectivity index (χ4v) is 2.03. The van der Waals surface area contributed by atoms with Crippen LogP contribution in [-0.2, 0) is 11.3 Å². The first-order chi connectivity index (χ1) is 10.7. The monoisotopic (exact) mass is 314 g/mol. The lowest BCUT2D eigenvalue weighted by Crippen LogP contribution is -2.24. The van der Waals surface area contributed by atoms with Gasteiger partial charge in [-0.2, -0.15) is 5.26 Å². The zero-order chi connectivity index (χ0) is 15.8. The lowest BCUT2D eigenvalue weighted by atomic mass is 10.2. The molecule has 0 spiro atoms. The molecule has 22 heavy (non-hydrogen) atoms. The Morgan fingerprint density at radius 2 is 2.05 bits per heavy atom. The van der Waals surface area contributed by atoms with Gasteiger partial charge in [0.15, 0.2) is 0 Å². The molecule has 2 rings (SSSR count). The second-order valence-corrected chi connectivity index (χ2v) is 5.05. The van der Waals surface area contributed by atoms with Crippen molar-refractivity contribution < 1.29 is 4.79 Å². The summed E-state index contributed by atoms with van der Waals surface area (Å²) < 4.78 is 0. The van der Waals surface area contributed by atoms with Crippen molar-refractivity contribution in [3.05, 3.63) is 58.9 Å². The second-order valence-electron chi connectivity index (χ2n) is 4.61. The van der Waals surface area contributed by atoms with Crippen LogP contribution in [0.15, 0.2) is 42.7 Å². The number of amides is 1. The summed E-state index contributed by atoms with van der Waals surface area (Å²) in [6.45, 7) is 0.902. The number of benzene rings is 1. The number of pyridine rings is 1. The van der Waals surface area contributed by atoms with Gasteiger partial charge in [0.05, 0.1) is 11.3 Å². The molecule has 0 aliphatic carbocycles. The molecule has 0 saturated heterocycles. The molecule has 0 atom stereocenters. The van der Waals surface area contributed by atoms with Crippen molar-refractivity contribution in [2.45, 2.75) is 13.0 Å². The van der Waals surface area contributed by atoms with Crippen LogP contribution in [0.1, 0.15) is 17.5 Å². The van der Waals surface area contributed by atoms with Gasteiger partial charge in [-0.1, -0.05) is 11.6 Å². The van der Waals surface area contributed by atoms with Crippen molar-refractivity contribution in [2.24, 2.45) is 0 Å². The smallest absolute Gasteiger partial charge is 0.222 e. The molecule has 1 aromatic heterocycles. The van der Waals surface area contributed by atoms with Gasteiger partial charge in [0.2, 0.25) is 5.91 Å². The summed E-state index contributed by atoms with van der Waals surface area (Å²) in [6, 6.07) is 10.8. The van der Waals surface area contributed by atoms with Crippen LogP contribution in [0.5, 0.6) is 0 Å². The summed E-state index contributed by atoms with van der Waals surface area (Å²) in [5, 5.41) is 15.4. The van der Waals surface area contributed by atoms with Crippen LogP contribution in [-0.4, -0.2) is 17.4 Å². The highest BCUT2D eigenvalue weighted by Gasteiger charge is 2.05. The number of hydrogen-bond acceptors (Lipinski definition) is 4. The van der Waals surface area contributed by atoms with Gasteiger partial charge in [-0.15, -0.1) is 0 Å². The van der Waals surface area contributed by atoms with Gasteiger partial charge in [-0.05, 0) is 35.9 Å². The predicted octanol–water partition coefficient (Wildman–Crippen LogP) is 2.73. The molecule has 0 aliphatic rings. The summed E-state index contributed by atoms with van der Waals surface area (Å²) in [6.07, 6.45) is 3.68. The molecule has 0 fully saturated rings. The van der Waals surface area contributed by atoms with Crippen LogP contribution in [0, 0.1) is 11.3 Å².